The summed E-state index contributed by atoms with van der Waals surface area (Å²) in [5.74, 6) is 0.951. The highest BCUT2D eigenvalue weighted by molar-refractivity contribution is 7.80. The molecule has 0 bridgehead atoms. The third-order valence-electron chi connectivity index (χ3n) is 2.59. The lowest BCUT2D eigenvalue weighted by Gasteiger charge is -2.23. The summed E-state index contributed by atoms with van der Waals surface area (Å²) in [6.45, 7) is 5.71. The molecule has 5 nitrogen and oxygen atoms in total. The molecule has 0 aromatic carbocycles. The second-order valence-corrected chi connectivity index (χ2v) is 4.36. The van der Waals surface area contributed by atoms with Crippen LogP contribution in [0.3, 0.4) is 0 Å². The van der Waals surface area contributed by atoms with Crippen molar-refractivity contribution in [2.75, 3.05) is 7.05 Å². The van der Waals surface area contributed by atoms with Crippen molar-refractivity contribution in [2.45, 2.75) is 39.4 Å². The molecule has 0 aliphatic carbocycles. The van der Waals surface area contributed by atoms with Crippen LogP contribution in [0.2, 0.25) is 0 Å². The summed E-state index contributed by atoms with van der Waals surface area (Å²) in [5, 5.41) is 4.18. The quantitative estimate of drug-likeness (QED) is 0.746. The Morgan fingerprint density at radius 2 is 2.38 bits per heavy atom. The van der Waals surface area contributed by atoms with E-state index in [4.69, 9.17) is 18.0 Å². The lowest BCUT2D eigenvalue weighted by molar-refractivity contribution is 0.289. The van der Waals surface area contributed by atoms with Gasteiger partial charge in [-0.1, -0.05) is 19.1 Å². The van der Waals surface area contributed by atoms with Gasteiger partial charge >= 0.3 is 0 Å². The molecule has 2 N–H and O–H groups in total. The van der Waals surface area contributed by atoms with Crippen molar-refractivity contribution in [3.63, 3.8) is 0 Å². The Hall–Kier alpha value is -1.01. The fourth-order valence-corrected chi connectivity index (χ4v) is 1.57. The summed E-state index contributed by atoms with van der Waals surface area (Å²) in [7, 11) is 1.98. The van der Waals surface area contributed by atoms with E-state index in [1.165, 1.54) is 0 Å². The van der Waals surface area contributed by atoms with Crippen molar-refractivity contribution in [1.29, 1.82) is 0 Å². The maximum atomic E-state index is 5.61. The molecule has 6 heteroatoms. The van der Waals surface area contributed by atoms with E-state index < -0.39 is 0 Å². The highest BCUT2D eigenvalue weighted by atomic mass is 32.1. The normalized spacial score (nSPS) is 13.0. The minimum Gasteiger partial charge on any atom is -0.392 e. The average molecular weight is 241 g/mol. The van der Waals surface area contributed by atoms with Gasteiger partial charge in [0.15, 0.2) is 0 Å². The minimum absolute atomic E-state index is 0.0711. The molecule has 90 valence electrons. The molecule has 1 aromatic heterocycles. The topological polar surface area (TPSA) is 60.0 Å². The van der Waals surface area contributed by atoms with E-state index in [0.29, 0.717) is 11.5 Å². The monoisotopic (exact) mass is 241 g/mol. The van der Waals surface area contributed by atoms with Gasteiger partial charge < -0.3 is 5.73 Å². The largest absolute Gasteiger partial charge is 0.392 e. The molecule has 16 heavy (non-hydrogen) atoms. The summed E-state index contributed by atoms with van der Waals surface area (Å²) in [4.78, 5) is 6.81. The van der Waals surface area contributed by atoms with Crippen molar-refractivity contribution < 1.29 is 0 Å². The molecular weight excluding hydrogens is 222 g/mol. The molecule has 0 radical (unpaired) electrons. The van der Waals surface area contributed by atoms with Gasteiger partial charge in [-0.05, 0) is 20.4 Å². The molecule has 1 atom stereocenters. The van der Waals surface area contributed by atoms with Gasteiger partial charge in [0.1, 0.15) is 12.2 Å². The average Bonchev–Trinajstić information content (AvgIpc) is 2.65. The number of rotatable bonds is 6. The summed E-state index contributed by atoms with van der Waals surface area (Å²) < 4.78 is 1.92. The first-order valence-corrected chi connectivity index (χ1v) is 5.83. The van der Waals surface area contributed by atoms with Crippen molar-refractivity contribution >= 4 is 17.2 Å². The predicted octanol–water partition coefficient (Wildman–Crippen LogP) is 0.794. The molecule has 1 heterocycles. The third-order valence-corrected chi connectivity index (χ3v) is 2.94. The number of likely N-dealkylation sites (N-methyl/N-ethyl adjacent to an activating group) is 1. The van der Waals surface area contributed by atoms with Gasteiger partial charge in [-0.2, -0.15) is 5.10 Å². The van der Waals surface area contributed by atoms with Gasteiger partial charge in [-0.15, -0.1) is 0 Å². The SMILES string of the molecule is CCCn1ncnc1CN(C)C(C)C(N)=S. The van der Waals surface area contributed by atoms with Crippen molar-refractivity contribution in [3.8, 4) is 0 Å². The number of thiocarbonyl (C=S) groups is 1. The number of hydrogen-bond donors (Lipinski definition) is 1. The van der Waals surface area contributed by atoms with Crippen LogP contribution in [0.25, 0.3) is 0 Å². The van der Waals surface area contributed by atoms with E-state index in [2.05, 4.69) is 21.9 Å². The smallest absolute Gasteiger partial charge is 0.141 e. The van der Waals surface area contributed by atoms with Crippen LogP contribution >= 0.6 is 12.2 Å². The molecule has 0 amide bonds. The van der Waals surface area contributed by atoms with E-state index in [0.717, 1.165) is 18.8 Å². The summed E-state index contributed by atoms with van der Waals surface area (Å²) in [6.07, 6.45) is 2.63. The summed E-state index contributed by atoms with van der Waals surface area (Å²) >= 11 is 4.97. The Kier molecular flexibility index (Phi) is 4.82. The molecule has 0 aliphatic heterocycles. The number of nitrogens with two attached hydrogens (primary N) is 1. The van der Waals surface area contributed by atoms with Crippen LogP contribution in [-0.2, 0) is 13.1 Å². The Morgan fingerprint density at radius 3 is 2.94 bits per heavy atom. The number of nitrogens with zero attached hydrogens (tertiary/aromatic N) is 4. The molecule has 1 unspecified atom stereocenters. The maximum Gasteiger partial charge on any atom is 0.141 e. The van der Waals surface area contributed by atoms with Crippen molar-refractivity contribution in [1.82, 2.24) is 19.7 Å². The fourth-order valence-electron chi connectivity index (χ4n) is 1.39. The van der Waals surface area contributed by atoms with Crippen molar-refractivity contribution in [2.24, 2.45) is 5.73 Å². The Labute approximate surface area is 102 Å². The van der Waals surface area contributed by atoms with Crippen LogP contribution in [0.15, 0.2) is 6.33 Å². The van der Waals surface area contributed by atoms with Crippen LogP contribution in [0.5, 0.6) is 0 Å². The van der Waals surface area contributed by atoms with E-state index in [1.54, 1.807) is 6.33 Å². The Morgan fingerprint density at radius 1 is 1.69 bits per heavy atom. The first kappa shape index (κ1) is 13.1. The van der Waals surface area contributed by atoms with Gasteiger partial charge in [-0.25, -0.2) is 9.67 Å². The zero-order valence-corrected chi connectivity index (χ0v) is 10.9. The first-order chi connectivity index (χ1) is 7.56. The van der Waals surface area contributed by atoms with Crippen LogP contribution in [0.4, 0.5) is 0 Å². The van der Waals surface area contributed by atoms with Gasteiger partial charge in [0.25, 0.3) is 0 Å². The lowest BCUT2D eigenvalue weighted by Crippen LogP contribution is -2.39. The van der Waals surface area contributed by atoms with Crippen LogP contribution in [0, 0.1) is 0 Å². The number of aryl methyl sites for hydroxylation is 1. The number of aromatic nitrogens is 3. The first-order valence-electron chi connectivity index (χ1n) is 5.42. The molecule has 1 rings (SSSR count). The van der Waals surface area contributed by atoms with E-state index in [1.807, 2.05) is 18.7 Å². The summed E-state index contributed by atoms with van der Waals surface area (Å²) in [5.41, 5.74) is 5.61. The molecule has 0 fully saturated rings. The van der Waals surface area contributed by atoms with Gasteiger partial charge in [0.05, 0.1) is 17.6 Å². The van der Waals surface area contributed by atoms with Gasteiger partial charge in [0.2, 0.25) is 0 Å². The molecule has 1 aromatic rings. The van der Waals surface area contributed by atoms with Gasteiger partial charge in [-0.3, -0.25) is 4.90 Å². The Balaban J connectivity index is 2.65. The van der Waals surface area contributed by atoms with E-state index >= 15 is 0 Å². The molecule has 0 saturated heterocycles. The molecule has 0 saturated carbocycles. The minimum atomic E-state index is 0.0711. The maximum absolute atomic E-state index is 5.61. The highest BCUT2D eigenvalue weighted by Gasteiger charge is 2.14. The van der Waals surface area contributed by atoms with Crippen LogP contribution in [-0.4, -0.2) is 37.7 Å². The van der Waals surface area contributed by atoms with Crippen LogP contribution in [0.1, 0.15) is 26.1 Å². The standard InChI is InChI=1S/C10H19N5S/c1-4-5-15-9(12-7-13-15)6-14(3)8(2)10(11)16/h7-8H,4-6H2,1-3H3,(H2,11,16). The summed E-state index contributed by atoms with van der Waals surface area (Å²) in [6, 6.07) is 0.0711. The van der Waals surface area contributed by atoms with Crippen LogP contribution < -0.4 is 5.73 Å². The van der Waals surface area contributed by atoms with E-state index in [9.17, 15) is 0 Å². The fraction of sp³-hybridized carbons (Fsp3) is 0.700. The van der Waals surface area contributed by atoms with E-state index in [-0.39, 0.29) is 6.04 Å². The molecular formula is C10H19N5S. The zero-order chi connectivity index (χ0) is 12.1. The lowest BCUT2D eigenvalue weighted by atomic mass is 10.3. The van der Waals surface area contributed by atoms with Crippen molar-refractivity contribution in [3.05, 3.63) is 12.2 Å². The highest BCUT2D eigenvalue weighted by Crippen LogP contribution is 2.04. The molecule has 0 aliphatic rings. The molecule has 0 spiro atoms. The second kappa shape index (κ2) is 5.91. The van der Waals surface area contributed by atoms with Gasteiger partial charge in [0, 0.05) is 6.54 Å². The predicted molar refractivity (Wildman–Crippen MR) is 68.0 cm³/mol. The third kappa shape index (κ3) is 3.24. The second-order valence-electron chi connectivity index (χ2n) is 3.89. The number of hydrogen-bond acceptors (Lipinski definition) is 4. The zero-order valence-electron chi connectivity index (χ0n) is 10.1. The Bertz CT molecular complexity index is 349.